The number of rotatable bonds is 9. The second kappa shape index (κ2) is 10.7. The number of carboxylic acid groups (broad SMARTS) is 1. The van der Waals surface area contributed by atoms with Crippen LogP contribution in [0, 0.1) is 0 Å². The van der Waals surface area contributed by atoms with Crippen LogP contribution in [0.1, 0.15) is 53.9 Å². The lowest BCUT2D eigenvalue weighted by Crippen LogP contribution is -2.43. The summed E-state index contributed by atoms with van der Waals surface area (Å²) in [6.07, 6.45) is 0.900. The number of guanidine groups is 1. The minimum Gasteiger partial charge on any atom is -0.480 e. The molecular weight excluding hydrogens is 312 g/mol. The first-order valence-electron chi connectivity index (χ1n) is 8.37. The first kappa shape index (κ1) is 22.0. The van der Waals surface area contributed by atoms with Crippen LogP contribution >= 0.6 is 0 Å². The van der Waals surface area contributed by atoms with E-state index in [0.29, 0.717) is 31.8 Å². The van der Waals surface area contributed by atoms with E-state index >= 15 is 0 Å². The molecule has 140 valence electrons. The monoisotopic (exact) mass is 344 g/mol. The smallest absolute Gasteiger partial charge is 0.408 e. The summed E-state index contributed by atoms with van der Waals surface area (Å²) in [4.78, 5) is 29.1. The van der Waals surface area contributed by atoms with Crippen molar-refractivity contribution < 1.29 is 19.4 Å². The number of amides is 1. The number of carboxylic acids is 1. The summed E-state index contributed by atoms with van der Waals surface area (Å²) in [5, 5.41) is 11.6. The molecule has 0 saturated carbocycles. The number of aliphatic carboxylic acids is 1. The van der Waals surface area contributed by atoms with Crippen LogP contribution in [0.15, 0.2) is 4.99 Å². The standard InChI is InChI=1S/C16H32N4O4/c1-6-20(7-2)14(17)18-11-9-8-10-12(13(21)22)19-15(23)24-16(3,4)5/h12H,6-11H2,1-5H3,(H2,17,18)(H,19,23)(H,21,22). The lowest BCUT2D eigenvalue weighted by atomic mass is 10.1. The molecule has 8 heteroatoms. The molecule has 0 aromatic heterocycles. The quantitative estimate of drug-likeness (QED) is 0.333. The van der Waals surface area contributed by atoms with Gasteiger partial charge in [-0.3, -0.25) is 4.99 Å². The van der Waals surface area contributed by atoms with E-state index in [-0.39, 0.29) is 0 Å². The Morgan fingerprint density at radius 1 is 1.25 bits per heavy atom. The zero-order valence-corrected chi connectivity index (χ0v) is 15.5. The van der Waals surface area contributed by atoms with Gasteiger partial charge in [-0.05, 0) is 53.9 Å². The molecule has 0 aliphatic heterocycles. The third-order valence-corrected chi connectivity index (χ3v) is 3.25. The van der Waals surface area contributed by atoms with Crippen molar-refractivity contribution in [1.29, 1.82) is 0 Å². The number of nitrogens with one attached hydrogen (secondary N) is 1. The first-order valence-corrected chi connectivity index (χ1v) is 8.37. The van der Waals surface area contributed by atoms with Crippen LogP contribution in [0.3, 0.4) is 0 Å². The Bertz CT molecular complexity index is 428. The molecule has 8 nitrogen and oxygen atoms in total. The van der Waals surface area contributed by atoms with Crippen LogP contribution in [-0.4, -0.2) is 59.3 Å². The second-order valence-electron chi connectivity index (χ2n) is 6.45. The molecule has 1 amide bonds. The van der Waals surface area contributed by atoms with Gasteiger partial charge in [0.15, 0.2) is 5.96 Å². The first-order chi connectivity index (χ1) is 11.1. The molecule has 0 aliphatic carbocycles. The fourth-order valence-corrected chi connectivity index (χ4v) is 2.01. The second-order valence-corrected chi connectivity index (χ2v) is 6.45. The number of carbonyl (C=O) groups is 2. The van der Waals surface area contributed by atoms with Gasteiger partial charge in [-0.1, -0.05) is 0 Å². The summed E-state index contributed by atoms with van der Waals surface area (Å²) < 4.78 is 5.07. The molecule has 4 N–H and O–H groups in total. The Kier molecular flexibility index (Phi) is 9.83. The van der Waals surface area contributed by atoms with Gasteiger partial charge >= 0.3 is 12.1 Å². The summed E-state index contributed by atoms with van der Waals surface area (Å²) in [5.41, 5.74) is 5.20. The molecule has 0 aromatic rings. The molecule has 0 aliphatic rings. The van der Waals surface area contributed by atoms with E-state index in [9.17, 15) is 14.7 Å². The van der Waals surface area contributed by atoms with Crippen molar-refractivity contribution in [1.82, 2.24) is 10.2 Å². The van der Waals surface area contributed by atoms with Gasteiger partial charge in [0.05, 0.1) is 0 Å². The molecule has 0 rings (SSSR count). The molecule has 0 spiro atoms. The van der Waals surface area contributed by atoms with Crippen molar-refractivity contribution in [3.05, 3.63) is 0 Å². The number of hydrogen-bond acceptors (Lipinski definition) is 4. The number of unbranched alkanes of at least 4 members (excludes halogenated alkanes) is 1. The summed E-state index contributed by atoms with van der Waals surface area (Å²) in [6.45, 7) is 11.3. The van der Waals surface area contributed by atoms with Gasteiger partial charge in [0.2, 0.25) is 0 Å². The van der Waals surface area contributed by atoms with Gasteiger partial charge < -0.3 is 25.8 Å². The molecule has 0 radical (unpaired) electrons. The van der Waals surface area contributed by atoms with E-state index < -0.39 is 23.7 Å². The highest BCUT2D eigenvalue weighted by molar-refractivity contribution is 5.80. The maximum Gasteiger partial charge on any atom is 0.408 e. The topological polar surface area (TPSA) is 117 Å². The van der Waals surface area contributed by atoms with Crippen molar-refractivity contribution in [2.24, 2.45) is 10.7 Å². The summed E-state index contributed by atoms with van der Waals surface area (Å²) in [7, 11) is 0. The van der Waals surface area contributed by atoms with Gasteiger partial charge in [-0.15, -0.1) is 0 Å². The number of aliphatic imine (C=N–C) groups is 1. The van der Waals surface area contributed by atoms with E-state index in [0.717, 1.165) is 13.1 Å². The largest absolute Gasteiger partial charge is 0.480 e. The molecule has 1 atom stereocenters. The average molecular weight is 344 g/mol. The van der Waals surface area contributed by atoms with Crippen LogP contribution < -0.4 is 11.1 Å². The SMILES string of the molecule is CCN(CC)C(N)=NCCCCC(NC(=O)OC(C)(C)C)C(=O)O. The number of hydrogen-bond donors (Lipinski definition) is 3. The van der Waals surface area contributed by atoms with Gasteiger partial charge in [0, 0.05) is 19.6 Å². The number of carbonyl (C=O) groups excluding carboxylic acids is 1. The van der Waals surface area contributed by atoms with Crippen LogP contribution in [0.4, 0.5) is 4.79 Å². The number of nitrogens with zero attached hydrogens (tertiary/aromatic N) is 2. The Morgan fingerprint density at radius 2 is 1.83 bits per heavy atom. The molecule has 0 aromatic carbocycles. The average Bonchev–Trinajstić information content (AvgIpc) is 2.44. The van der Waals surface area contributed by atoms with Gasteiger partial charge in [0.25, 0.3) is 0 Å². The molecule has 1 unspecified atom stereocenters. The van der Waals surface area contributed by atoms with E-state index in [4.69, 9.17) is 10.5 Å². The third kappa shape index (κ3) is 9.91. The Hall–Kier alpha value is -1.99. The minimum absolute atomic E-state index is 0.315. The Labute approximate surface area is 144 Å². The highest BCUT2D eigenvalue weighted by atomic mass is 16.6. The number of nitrogens with two attached hydrogens (primary N) is 1. The van der Waals surface area contributed by atoms with Crippen molar-refractivity contribution in [2.45, 2.75) is 65.5 Å². The normalized spacial score (nSPS) is 13.3. The highest BCUT2D eigenvalue weighted by Crippen LogP contribution is 2.08. The van der Waals surface area contributed by atoms with Crippen molar-refractivity contribution >= 4 is 18.0 Å². The summed E-state index contributed by atoms with van der Waals surface area (Å²) in [6, 6.07) is -0.969. The molecule has 0 heterocycles. The van der Waals surface area contributed by atoms with Crippen LogP contribution in [0.5, 0.6) is 0 Å². The van der Waals surface area contributed by atoms with E-state index in [1.54, 1.807) is 20.8 Å². The summed E-state index contributed by atoms with van der Waals surface area (Å²) >= 11 is 0. The lowest BCUT2D eigenvalue weighted by Gasteiger charge is -2.22. The van der Waals surface area contributed by atoms with Crippen LogP contribution in [0.2, 0.25) is 0 Å². The molecule has 0 bridgehead atoms. The van der Waals surface area contributed by atoms with E-state index in [2.05, 4.69) is 10.3 Å². The number of alkyl carbamates (subject to hydrolysis) is 1. The molecule has 24 heavy (non-hydrogen) atoms. The zero-order valence-electron chi connectivity index (χ0n) is 15.5. The maximum atomic E-state index is 11.7. The third-order valence-electron chi connectivity index (χ3n) is 3.25. The van der Waals surface area contributed by atoms with Gasteiger partial charge in [-0.2, -0.15) is 0 Å². The summed E-state index contributed by atoms with van der Waals surface area (Å²) in [5.74, 6) is -0.575. The van der Waals surface area contributed by atoms with Gasteiger partial charge in [-0.25, -0.2) is 9.59 Å². The van der Waals surface area contributed by atoms with E-state index in [1.165, 1.54) is 0 Å². The highest BCUT2D eigenvalue weighted by Gasteiger charge is 2.23. The Morgan fingerprint density at radius 3 is 2.29 bits per heavy atom. The predicted molar refractivity (Wildman–Crippen MR) is 94.1 cm³/mol. The fourth-order valence-electron chi connectivity index (χ4n) is 2.01. The van der Waals surface area contributed by atoms with Crippen LogP contribution in [0.25, 0.3) is 0 Å². The van der Waals surface area contributed by atoms with Crippen molar-refractivity contribution in [2.75, 3.05) is 19.6 Å². The van der Waals surface area contributed by atoms with Crippen molar-refractivity contribution in [3.8, 4) is 0 Å². The molecule has 0 fully saturated rings. The maximum absolute atomic E-state index is 11.7. The molecular formula is C16H32N4O4. The van der Waals surface area contributed by atoms with E-state index in [1.807, 2.05) is 18.7 Å². The predicted octanol–water partition coefficient (Wildman–Crippen LogP) is 1.79. The van der Waals surface area contributed by atoms with Crippen molar-refractivity contribution in [3.63, 3.8) is 0 Å². The molecule has 0 saturated heterocycles. The Balaban J connectivity index is 4.26. The number of ether oxygens (including phenoxy) is 1. The lowest BCUT2D eigenvalue weighted by molar-refractivity contribution is -0.139. The minimum atomic E-state index is -1.08. The van der Waals surface area contributed by atoms with Crippen LogP contribution in [-0.2, 0) is 9.53 Å². The zero-order chi connectivity index (χ0) is 18.8. The van der Waals surface area contributed by atoms with Gasteiger partial charge in [0.1, 0.15) is 11.6 Å². The fraction of sp³-hybridized carbons (Fsp3) is 0.812.